The molecule has 0 bridgehead atoms. The normalized spacial score (nSPS) is 14.0. The zero-order valence-electron chi connectivity index (χ0n) is 16.1. The summed E-state index contributed by atoms with van der Waals surface area (Å²) < 4.78 is 13.7. The second-order valence-electron chi connectivity index (χ2n) is 6.56. The van der Waals surface area contributed by atoms with E-state index in [1.54, 1.807) is 30.6 Å². The monoisotopic (exact) mass is 445 g/mol. The first-order valence-electron chi connectivity index (χ1n) is 9.42. The van der Waals surface area contributed by atoms with Crippen molar-refractivity contribution in [1.29, 1.82) is 0 Å². The number of halogens is 1. The van der Waals surface area contributed by atoms with Crippen LogP contribution in [0.1, 0.15) is 5.56 Å². The molecule has 156 valence electrons. The van der Waals surface area contributed by atoms with Crippen molar-refractivity contribution in [1.82, 2.24) is 25.1 Å². The molecule has 11 heteroatoms. The lowest BCUT2D eigenvalue weighted by Gasteiger charge is -2.34. The molecule has 0 spiro atoms. The molecule has 0 saturated carbocycles. The van der Waals surface area contributed by atoms with Crippen LogP contribution < -0.4 is 10.2 Å². The maximum atomic E-state index is 13.0. The van der Waals surface area contributed by atoms with Crippen molar-refractivity contribution in [3.63, 3.8) is 0 Å². The summed E-state index contributed by atoms with van der Waals surface area (Å²) in [5, 5.41) is 12.1. The lowest BCUT2D eigenvalue weighted by Crippen LogP contribution is -2.49. The molecule has 0 radical (unpaired) electrons. The van der Waals surface area contributed by atoms with Crippen LogP contribution in [-0.4, -0.2) is 62.9 Å². The summed E-state index contributed by atoms with van der Waals surface area (Å²) in [7, 11) is 0. The number of nitrogens with zero attached hydrogens (tertiary/aromatic N) is 6. The zero-order chi connectivity index (χ0) is 20.8. The summed E-state index contributed by atoms with van der Waals surface area (Å²) in [5.74, 6) is 0.861. The number of aromatic nitrogens is 4. The van der Waals surface area contributed by atoms with E-state index in [-0.39, 0.29) is 11.7 Å². The molecule has 1 aromatic carbocycles. The number of hydrogen-bond donors (Lipinski definition) is 1. The van der Waals surface area contributed by atoms with Gasteiger partial charge in [-0.15, -0.1) is 10.2 Å². The highest BCUT2D eigenvalue weighted by molar-refractivity contribution is 8.01. The zero-order valence-corrected chi connectivity index (χ0v) is 17.7. The molecule has 4 rings (SSSR count). The second kappa shape index (κ2) is 9.81. The molecule has 0 unspecified atom stereocenters. The molecule has 2 aromatic heterocycles. The van der Waals surface area contributed by atoms with Crippen LogP contribution in [0.5, 0.6) is 0 Å². The molecule has 1 aliphatic heterocycles. The Labute approximate surface area is 181 Å². The molecule has 0 atom stereocenters. The van der Waals surface area contributed by atoms with E-state index in [0.29, 0.717) is 36.5 Å². The van der Waals surface area contributed by atoms with Crippen molar-refractivity contribution < 1.29 is 9.18 Å². The van der Waals surface area contributed by atoms with Crippen LogP contribution in [0.25, 0.3) is 0 Å². The van der Waals surface area contributed by atoms with Crippen molar-refractivity contribution in [3.05, 3.63) is 54.1 Å². The molecule has 0 aliphatic carbocycles. The number of carbonyl (C=O) groups is 1. The van der Waals surface area contributed by atoms with E-state index in [2.05, 4.69) is 30.4 Å². The number of benzene rings is 1. The van der Waals surface area contributed by atoms with E-state index in [0.717, 1.165) is 23.0 Å². The number of thioether (sulfide) groups is 1. The van der Waals surface area contributed by atoms with E-state index in [1.165, 1.54) is 35.2 Å². The number of nitrogens with one attached hydrogen (secondary N) is 1. The Kier molecular flexibility index (Phi) is 6.70. The third-order valence-corrected chi connectivity index (χ3v) is 6.55. The maximum Gasteiger partial charge on any atom is 0.233 e. The molecule has 1 N–H and O–H groups in total. The third-order valence-electron chi connectivity index (χ3n) is 4.55. The number of hydrogen-bond acceptors (Lipinski definition) is 9. The van der Waals surface area contributed by atoms with Gasteiger partial charge in [0.25, 0.3) is 0 Å². The molecule has 3 aromatic rings. The van der Waals surface area contributed by atoms with Gasteiger partial charge in [0.1, 0.15) is 5.82 Å². The molecule has 1 saturated heterocycles. The van der Waals surface area contributed by atoms with Gasteiger partial charge in [0.15, 0.2) is 4.34 Å². The van der Waals surface area contributed by atoms with E-state index in [4.69, 9.17) is 0 Å². The van der Waals surface area contributed by atoms with Crippen molar-refractivity contribution in [3.8, 4) is 0 Å². The van der Waals surface area contributed by atoms with Crippen LogP contribution in [0.15, 0.2) is 47.1 Å². The highest BCUT2D eigenvalue weighted by atomic mass is 32.2. The third kappa shape index (κ3) is 5.42. The Hall–Kier alpha value is -2.79. The number of carbonyl (C=O) groups excluding carboxylic acids is 1. The minimum absolute atomic E-state index is 0.0876. The average Bonchev–Trinajstić information content (AvgIpc) is 3.26. The fourth-order valence-electron chi connectivity index (χ4n) is 2.94. The van der Waals surface area contributed by atoms with Gasteiger partial charge in [-0.3, -0.25) is 4.79 Å². The quantitative estimate of drug-likeness (QED) is 0.555. The van der Waals surface area contributed by atoms with Crippen LogP contribution >= 0.6 is 23.1 Å². The molecule has 8 nitrogen and oxygen atoms in total. The van der Waals surface area contributed by atoms with Gasteiger partial charge in [-0.05, 0) is 23.8 Å². The first-order valence-corrected chi connectivity index (χ1v) is 11.2. The summed E-state index contributed by atoms with van der Waals surface area (Å²) in [4.78, 5) is 25.0. The topological polar surface area (TPSA) is 87.1 Å². The molecule has 30 heavy (non-hydrogen) atoms. The Balaban J connectivity index is 1.20. The minimum atomic E-state index is -0.257. The SMILES string of the molecule is O=C(CSc1nnc(NCc2ccc(F)cc2)s1)N1CCN(c2ncccn2)CC1. The van der Waals surface area contributed by atoms with Crippen molar-refractivity contribution in [2.45, 2.75) is 10.9 Å². The highest BCUT2D eigenvalue weighted by Gasteiger charge is 2.22. The number of amides is 1. The maximum absolute atomic E-state index is 13.0. The largest absolute Gasteiger partial charge is 0.356 e. The first kappa shape index (κ1) is 20.5. The number of anilines is 2. The number of rotatable bonds is 7. The van der Waals surface area contributed by atoms with E-state index in [9.17, 15) is 9.18 Å². The van der Waals surface area contributed by atoms with Gasteiger partial charge in [0.05, 0.1) is 5.75 Å². The van der Waals surface area contributed by atoms with Gasteiger partial charge in [0.2, 0.25) is 17.0 Å². The standard InChI is InChI=1S/C19H20FN7OS2/c20-15-4-2-14(3-5-15)12-23-18-24-25-19(30-18)29-13-16(28)26-8-10-27(11-9-26)17-21-6-1-7-22-17/h1-7H,8-13H2,(H,23,24). The molecule has 1 aliphatic rings. The molecular weight excluding hydrogens is 425 g/mol. The average molecular weight is 446 g/mol. The lowest BCUT2D eigenvalue weighted by atomic mass is 10.2. The van der Waals surface area contributed by atoms with Crippen LogP contribution in [0.3, 0.4) is 0 Å². The van der Waals surface area contributed by atoms with Gasteiger partial charge in [-0.25, -0.2) is 14.4 Å². The Morgan fingerprint density at radius 2 is 1.83 bits per heavy atom. The summed E-state index contributed by atoms with van der Waals surface area (Å²) >= 11 is 2.79. The van der Waals surface area contributed by atoms with Gasteiger partial charge < -0.3 is 15.1 Å². The minimum Gasteiger partial charge on any atom is -0.356 e. The molecule has 1 amide bonds. The summed E-state index contributed by atoms with van der Waals surface area (Å²) in [6.07, 6.45) is 3.45. The highest BCUT2D eigenvalue weighted by Crippen LogP contribution is 2.26. The van der Waals surface area contributed by atoms with Crippen molar-refractivity contribution >= 4 is 40.1 Å². The van der Waals surface area contributed by atoms with Gasteiger partial charge in [-0.1, -0.05) is 35.2 Å². The Morgan fingerprint density at radius 1 is 1.10 bits per heavy atom. The van der Waals surface area contributed by atoms with Crippen LogP contribution in [-0.2, 0) is 11.3 Å². The summed E-state index contributed by atoms with van der Waals surface area (Å²) in [5.41, 5.74) is 0.955. The van der Waals surface area contributed by atoms with E-state index >= 15 is 0 Å². The second-order valence-corrected chi connectivity index (χ2v) is 8.76. The van der Waals surface area contributed by atoms with E-state index in [1.807, 2.05) is 4.90 Å². The molecule has 3 heterocycles. The lowest BCUT2D eigenvalue weighted by molar-refractivity contribution is -0.128. The fourth-order valence-corrected chi connectivity index (χ4v) is 4.60. The van der Waals surface area contributed by atoms with Gasteiger partial charge in [0, 0.05) is 45.1 Å². The van der Waals surface area contributed by atoms with Gasteiger partial charge in [-0.2, -0.15) is 0 Å². The van der Waals surface area contributed by atoms with Crippen molar-refractivity contribution in [2.24, 2.45) is 0 Å². The van der Waals surface area contributed by atoms with Crippen LogP contribution in [0.4, 0.5) is 15.5 Å². The van der Waals surface area contributed by atoms with Crippen molar-refractivity contribution in [2.75, 3.05) is 42.1 Å². The molecule has 1 fully saturated rings. The summed E-state index contributed by atoms with van der Waals surface area (Å²) in [6, 6.07) is 8.09. The fraction of sp³-hybridized carbons (Fsp3) is 0.316. The van der Waals surface area contributed by atoms with Crippen LogP contribution in [0.2, 0.25) is 0 Å². The first-order chi connectivity index (χ1) is 14.7. The smallest absolute Gasteiger partial charge is 0.233 e. The number of piperazine rings is 1. The van der Waals surface area contributed by atoms with Gasteiger partial charge >= 0.3 is 0 Å². The van der Waals surface area contributed by atoms with E-state index < -0.39 is 0 Å². The predicted octanol–water partition coefficient (Wildman–Crippen LogP) is 2.52. The Bertz CT molecular complexity index is 963. The van der Waals surface area contributed by atoms with Crippen LogP contribution in [0, 0.1) is 5.82 Å². The molecular formula is C19H20FN7OS2. The summed E-state index contributed by atoms with van der Waals surface area (Å²) in [6.45, 7) is 3.28. The predicted molar refractivity (Wildman–Crippen MR) is 115 cm³/mol. The Morgan fingerprint density at radius 3 is 2.57 bits per heavy atom.